The van der Waals surface area contributed by atoms with E-state index in [1.54, 1.807) is 0 Å². The molecule has 1 aliphatic heterocycles. The molecule has 2 atom stereocenters. The Morgan fingerprint density at radius 2 is 2.22 bits per heavy atom. The second kappa shape index (κ2) is 6.39. The van der Waals surface area contributed by atoms with E-state index in [0.717, 1.165) is 24.6 Å². The van der Waals surface area contributed by atoms with E-state index < -0.39 is 0 Å². The van der Waals surface area contributed by atoms with Crippen LogP contribution in [0.2, 0.25) is 0 Å². The average molecular weight is 250 g/mol. The minimum atomic E-state index is 0.381. The molecule has 1 aromatic heterocycles. The van der Waals surface area contributed by atoms with Crippen LogP contribution in [0.15, 0.2) is 16.5 Å². The van der Waals surface area contributed by atoms with Crippen molar-refractivity contribution in [2.45, 2.75) is 45.6 Å². The molecular weight excluding hydrogens is 224 g/mol. The van der Waals surface area contributed by atoms with E-state index in [-0.39, 0.29) is 0 Å². The van der Waals surface area contributed by atoms with Gasteiger partial charge in [-0.25, -0.2) is 0 Å². The highest BCUT2D eigenvalue weighted by atomic mass is 16.3. The number of hydrogen-bond donors (Lipinski definition) is 1. The predicted octanol–water partition coefficient (Wildman–Crippen LogP) is 3.10. The Morgan fingerprint density at radius 3 is 2.83 bits per heavy atom. The van der Waals surface area contributed by atoms with Gasteiger partial charge in [-0.1, -0.05) is 13.3 Å². The largest absolute Gasteiger partial charge is 0.465 e. The van der Waals surface area contributed by atoms with Crippen molar-refractivity contribution in [2.24, 2.45) is 11.7 Å². The molecule has 3 nitrogen and oxygen atoms in total. The first-order chi connectivity index (χ1) is 8.76. The molecule has 0 aromatic carbocycles. The van der Waals surface area contributed by atoms with Crippen molar-refractivity contribution in [1.82, 2.24) is 4.90 Å². The number of nitrogens with two attached hydrogens (primary N) is 1. The highest BCUT2D eigenvalue weighted by Crippen LogP contribution is 2.35. The molecule has 2 heterocycles. The summed E-state index contributed by atoms with van der Waals surface area (Å²) in [6.45, 7) is 7.33. The lowest BCUT2D eigenvalue weighted by atomic mass is 9.93. The topological polar surface area (TPSA) is 42.4 Å². The van der Waals surface area contributed by atoms with Gasteiger partial charge in [0.15, 0.2) is 0 Å². The summed E-state index contributed by atoms with van der Waals surface area (Å²) in [5.41, 5.74) is 6.00. The van der Waals surface area contributed by atoms with E-state index >= 15 is 0 Å². The van der Waals surface area contributed by atoms with E-state index in [1.165, 1.54) is 32.2 Å². The molecule has 0 bridgehead atoms. The van der Waals surface area contributed by atoms with E-state index in [9.17, 15) is 0 Å². The van der Waals surface area contributed by atoms with Crippen molar-refractivity contribution in [2.75, 3.05) is 19.6 Å². The molecule has 0 spiro atoms. The van der Waals surface area contributed by atoms with Gasteiger partial charge in [0.1, 0.15) is 11.5 Å². The zero-order valence-corrected chi connectivity index (χ0v) is 11.7. The summed E-state index contributed by atoms with van der Waals surface area (Å²) < 4.78 is 5.89. The first kappa shape index (κ1) is 13.6. The normalized spacial score (nSPS) is 26.2. The summed E-state index contributed by atoms with van der Waals surface area (Å²) in [4.78, 5) is 2.57. The smallest absolute Gasteiger partial charge is 0.121 e. The standard InChI is InChI=1S/C15H26N2O/c1-3-9-17-10-5-4-6-13(11-16)15(17)14-8-7-12(2)18-14/h7-8,13,15H,3-6,9-11,16H2,1-2H3. The molecule has 1 fully saturated rings. The fraction of sp³-hybridized carbons (Fsp3) is 0.733. The van der Waals surface area contributed by atoms with Crippen LogP contribution in [0.3, 0.4) is 0 Å². The van der Waals surface area contributed by atoms with Crippen molar-refractivity contribution < 1.29 is 4.42 Å². The minimum absolute atomic E-state index is 0.381. The number of nitrogens with zero attached hydrogens (tertiary/aromatic N) is 1. The van der Waals surface area contributed by atoms with Crippen molar-refractivity contribution in [1.29, 1.82) is 0 Å². The maximum atomic E-state index is 6.00. The molecule has 1 saturated heterocycles. The molecule has 0 saturated carbocycles. The zero-order valence-electron chi connectivity index (χ0n) is 11.7. The molecule has 1 aromatic rings. The lowest BCUT2D eigenvalue weighted by molar-refractivity contribution is 0.135. The lowest BCUT2D eigenvalue weighted by Gasteiger charge is -2.33. The van der Waals surface area contributed by atoms with Crippen molar-refractivity contribution in [3.8, 4) is 0 Å². The van der Waals surface area contributed by atoms with Gasteiger partial charge in [-0.15, -0.1) is 0 Å². The van der Waals surface area contributed by atoms with Gasteiger partial charge < -0.3 is 10.2 Å². The average Bonchev–Trinajstić information content (AvgIpc) is 2.68. The summed E-state index contributed by atoms with van der Waals surface area (Å²) in [6, 6.07) is 4.58. The minimum Gasteiger partial charge on any atom is -0.465 e. The number of hydrogen-bond acceptors (Lipinski definition) is 3. The van der Waals surface area contributed by atoms with Gasteiger partial charge in [0, 0.05) is 0 Å². The van der Waals surface area contributed by atoms with Gasteiger partial charge in [-0.3, -0.25) is 4.90 Å². The Bertz CT molecular complexity index is 361. The molecule has 102 valence electrons. The molecule has 2 N–H and O–H groups in total. The Morgan fingerprint density at radius 1 is 1.39 bits per heavy atom. The molecular formula is C15H26N2O. The van der Waals surface area contributed by atoms with Crippen LogP contribution in [0.25, 0.3) is 0 Å². The maximum absolute atomic E-state index is 6.00. The molecule has 0 amide bonds. The Hall–Kier alpha value is -0.800. The van der Waals surface area contributed by atoms with Crippen LogP contribution in [0.5, 0.6) is 0 Å². The number of likely N-dealkylation sites (tertiary alicyclic amines) is 1. The Labute approximate surface area is 110 Å². The maximum Gasteiger partial charge on any atom is 0.121 e. The predicted molar refractivity (Wildman–Crippen MR) is 74.4 cm³/mol. The molecule has 0 aliphatic carbocycles. The van der Waals surface area contributed by atoms with Crippen molar-refractivity contribution in [3.05, 3.63) is 23.7 Å². The quantitative estimate of drug-likeness (QED) is 0.893. The molecule has 2 unspecified atom stereocenters. The second-order valence-corrected chi connectivity index (χ2v) is 5.42. The summed E-state index contributed by atoms with van der Waals surface area (Å²) >= 11 is 0. The molecule has 18 heavy (non-hydrogen) atoms. The van der Waals surface area contributed by atoms with Gasteiger partial charge in [0.05, 0.1) is 6.04 Å². The second-order valence-electron chi connectivity index (χ2n) is 5.42. The number of aryl methyl sites for hydroxylation is 1. The third-order valence-corrected chi connectivity index (χ3v) is 3.98. The van der Waals surface area contributed by atoms with Gasteiger partial charge in [-0.2, -0.15) is 0 Å². The van der Waals surface area contributed by atoms with Gasteiger partial charge >= 0.3 is 0 Å². The third-order valence-electron chi connectivity index (χ3n) is 3.98. The van der Waals surface area contributed by atoms with Crippen LogP contribution in [-0.2, 0) is 0 Å². The number of furan rings is 1. The zero-order chi connectivity index (χ0) is 13.0. The summed E-state index contributed by atoms with van der Waals surface area (Å²) in [7, 11) is 0. The van der Waals surface area contributed by atoms with E-state index in [1.807, 2.05) is 6.92 Å². The Balaban J connectivity index is 2.25. The van der Waals surface area contributed by atoms with Crippen LogP contribution in [0.1, 0.15) is 50.2 Å². The highest BCUT2D eigenvalue weighted by molar-refractivity contribution is 5.12. The summed E-state index contributed by atoms with van der Waals surface area (Å²) in [5.74, 6) is 2.64. The lowest BCUT2D eigenvalue weighted by Crippen LogP contribution is -2.36. The SMILES string of the molecule is CCCN1CCCCC(CN)C1c1ccc(C)o1. The van der Waals surface area contributed by atoms with Crippen LogP contribution in [0.4, 0.5) is 0 Å². The molecule has 0 radical (unpaired) electrons. The monoisotopic (exact) mass is 250 g/mol. The third kappa shape index (κ3) is 2.96. The van der Waals surface area contributed by atoms with Gasteiger partial charge in [0.2, 0.25) is 0 Å². The van der Waals surface area contributed by atoms with Crippen LogP contribution < -0.4 is 5.73 Å². The number of rotatable bonds is 4. The van der Waals surface area contributed by atoms with E-state index in [0.29, 0.717) is 12.0 Å². The van der Waals surface area contributed by atoms with Crippen LogP contribution in [-0.4, -0.2) is 24.5 Å². The fourth-order valence-electron chi connectivity index (χ4n) is 3.13. The molecule has 3 heteroatoms. The van der Waals surface area contributed by atoms with E-state index in [2.05, 4.69) is 24.0 Å². The van der Waals surface area contributed by atoms with Crippen molar-refractivity contribution in [3.63, 3.8) is 0 Å². The molecule has 1 aliphatic rings. The van der Waals surface area contributed by atoms with Crippen molar-refractivity contribution >= 4 is 0 Å². The Kier molecular flexibility index (Phi) is 4.84. The first-order valence-corrected chi connectivity index (χ1v) is 7.26. The van der Waals surface area contributed by atoms with Gasteiger partial charge in [-0.05, 0) is 63.9 Å². The molecule has 2 rings (SSSR count). The van der Waals surface area contributed by atoms with Gasteiger partial charge in [0.25, 0.3) is 0 Å². The van der Waals surface area contributed by atoms with E-state index in [4.69, 9.17) is 10.2 Å². The summed E-state index contributed by atoms with van der Waals surface area (Å²) in [6.07, 6.45) is 4.99. The fourth-order valence-corrected chi connectivity index (χ4v) is 3.13. The highest BCUT2D eigenvalue weighted by Gasteiger charge is 2.31. The van der Waals surface area contributed by atoms with Crippen LogP contribution >= 0.6 is 0 Å². The first-order valence-electron chi connectivity index (χ1n) is 7.26. The van der Waals surface area contributed by atoms with Crippen LogP contribution in [0, 0.1) is 12.8 Å². The summed E-state index contributed by atoms with van der Waals surface area (Å²) in [5, 5.41) is 0.